The van der Waals surface area contributed by atoms with Crippen LogP contribution in [0.25, 0.3) is 0 Å². The van der Waals surface area contributed by atoms with Crippen molar-refractivity contribution in [2.45, 2.75) is 33.3 Å². The zero-order valence-corrected chi connectivity index (χ0v) is 11.1. The first-order valence-corrected chi connectivity index (χ1v) is 5.38. The number of rotatable bonds is 2. The molecule has 18 heavy (non-hydrogen) atoms. The van der Waals surface area contributed by atoms with Gasteiger partial charge in [-0.05, 0) is 27.7 Å². The van der Waals surface area contributed by atoms with E-state index in [9.17, 15) is 9.59 Å². The third kappa shape index (κ3) is 3.22. The van der Waals surface area contributed by atoms with E-state index < -0.39 is 17.7 Å². The molecule has 1 aromatic rings. The summed E-state index contributed by atoms with van der Waals surface area (Å²) < 4.78 is 6.35. The monoisotopic (exact) mass is 255 g/mol. The second-order valence-corrected chi connectivity index (χ2v) is 4.86. The third-order valence-corrected chi connectivity index (χ3v) is 2.06. The summed E-state index contributed by atoms with van der Waals surface area (Å²) in [4.78, 5) is 22.7. The minimum Gasteiger partial charge on any atom is -0.477 e. The molecule has 0 saturated heterocycles. The number of carbonyl (C=O) groups excluding carboxylic acids is 1. The lowest BCUT2D eigenvalue weighted by Gasteiger charge is -2.19. The van der Waals surface area contributed by atoms with E-state index in [4.69, 9.17) is 9.84 Å². The summed E-state index contributed by atoms with van der Waals surface area (Å²) in [6, 6.07) is 0. The average Bonchev–Trinajstić information content (AvgIpc) is 2.37. The molecule has 0 unspecified atom stereocenters. The van der Waals surface area contributed by atoms with E-state index in [1.165, 1.54) is 4.68 Å². The molecule has 2 N–H and O–H groups in total. The highest BCUT2D eigenvalue weighted by Crippen LogP contribution is 2.19. The number of carbonyl (C=O) groups is 2. The quantitative estimate of drug-likeness (QED) is 0.840. The zero-order chi connectivity index (χ0) is 14.1. The van der Waals surface area contributed by atoms with Crippen molar-refractivity contribution in [2.24, 2.45) is 7.05 Å². The topological polar surface area (TPSA) is 93.5 Å². The summed E-state index contributed by atoms with van der Waals surface area (Å²) in [6.45, 7) is 6.72. The van der Waals surface area contributed by atoms with E-state index >= 15 is 0 Å². The van der Waals surface area contributed by atoms with Gasteiger partial charge in [0, 0.05) is 7.05 Å². The second kappa shape index (κ2) is 4.67. The lowest BCUT2D eigenvalue weighted by atomic mass is 10.2. The van der Waals surface area contributed by atoms with Gasteiger partial charge in [-0.2, -0.15) is 5.10 Å². The van der Waals surface area contributed by atoms with Gasteiger partial charge in [0.15, 0.2) is 0 Å². The molecule has 0 aliphatic rings. The van der Waals surface area contributed by atoms with Gasteiger partial charge in [0.25, 0.3) is 0 Å². The van der Waals surface area contributed by atoms with Crippen molar-refractivity contribution in [1.29, 1.82) is 0 Å². The summed E-state index contributed by atoms with van der Waals surface area (Å²) in [5.74, 6) is -1.04. The lowest BCUT2D eigenvalue weighted by Crippen LogP contribution is -2.28. The Morgan fingerprint density at radius 2 is 1.94 bits per heavy atom. The van der Waals surface area contributed by atoms with Crippen LogP contribution in [0.1, 0.15) is 36.8 Å². The fourth-order valence-electron chi connectivity index (χ4n) is 1.46. The molecule has 7 heteroatoms. The predicted octanol–water partition coefficient (Wildman–Crippen LogP) is 1.77. The number of amides is 1. The Morgan fingerprint density at radius 1 is 1.39 bits per heavy atom. The lowest BCUT2D eigenvalue weighted by molar-refractivity contribution is 0.0634. The number of nitrogens with zero attached hydrogens (tertiary/aromatic N) is 2. The first-order valence-electron chi connectivity index (χ1n) is 5.38. The van der Waals surface area contributed by atoms with Crippen molar-refractivity contribution in [3.05, 3.63) is 11.3 Å². The molecule has 0 atom stereocenters. The van der Waals surface area contributed by atoms with Crippen LogP contribution in [-0.4, -0.2) is 32.6 Å². The van der Waals surface area contributed by atoms with E-state index in [0.29, 0.717) is 5.69 Å². The highest BCUT2D eigenvalue weighted by molar-refractivity contribution is 5.98. The first-order chi connectivity index (χ1) is 8.11. The molecule has 0 fully saturated rings. The normalized spacial score (nSPS) is 11.2. The van der Waals surface area contributed by atoms with E-state index in [1.54, 1.807) is 34.7 Å². The molecule has 7 nitrogen and oxygen atoms in total. The Morgan fingerprint density at radius 3 is 2.39 bits per heavy atom. The van der Waals surface area contributed by atoms with Gasteiger partial charge in [0.05, 0.1) is 5.69 Å². The number of hydrogen-bond donors (Lipinski definition) is 2. The Balaban J connectivity index is 2.98. The van der Waals surface area contributed by atoms with Crippen LogP contribution in [-0.2, 0) is 11.8 Å². The predicted molar refractivity (Wildman–Crippen MR) is 64.8 cm³/mol. The Labute approximate surface area is 105 Å². The van der Waals surface area contributed by atoms with Crippen LogP contribution < -0.4 is 5.32 Å². The standard InChI is InChI=1S/C11H17N3O4/c1-6-7(9(15)16)8(14(5)13-6)12-10(17)18-11(2,3)4/h1-5H3,(H,12,17)(H,15,16). The van der Waals surface area contributed by atoms with Gasteiger partial charge < -0.3 is 9.84 Å². The molecule has 0 radical (unpaired) electrons. The molecule has 0 aromatic carbocycles. The van der Waals surface area contributed by atoms with Crippen LogP contribution in [0.5, 0.6) is 0 Å². The smallest absolute Gasteiger partial charge is 0.413 e. The van der Waals surface area contributed by atoms with Gasteiger partial charge >= 0.3 is 12.1 Å². The largest absolute Gasteiger partial charge is 0.477 e. The van der Waals surface area contributed by atoms with Crippen LogP contribution in [0.2, 0.25) is 0 Å². The Kier molecular flexibility index (Phi) is 3.64. The van der Waals surface area contributed by atoms with Crippen LogP contribution >= 0.6 is 0 Å². The van der Waals surface area contributed by atoms with Gasteiger partial charge in [0.2, 0.25) is 0 Å². The molecule has 0 spiro atoms. The van der Waals surface area contributed by atoms with Crippen molar-refractivity contribution >= 4 is 17.9 Å². The third-order valence-electron chi connectivity index (χ3n) is 2.06. The number of ether oxygens (including phenoxy) is 1. The Bertz CT molecular complexity index is 485. The van der Waals surface area contributed by atoms with Crippen molar-refractivity contribution < 1.29 is 19.4 Å². The molecule has 0 saturated carbocycles. The molecule has 0 bridgehead atoms. The summed E-state index contributed by atoms with van der Waals surface area (Å²) in [7, 11) is 1.55. The number of aryl methyl sites for hydroxylation is 2. The van der Waals surface area contributed by atoms with Gasteiger partial charge in [0.1, 0.15) is 17.0 Å². The summed E-state index contributed by atoms with van der Waals surface area (Å²) in [5, 5.41) is 15.4. The van der Waals surface area contributed by atoms with Gasteiger partial charge in [-0.3, -0.25) is 10.00 Å². The maximum Gasteiger partial charge on any atom is 0.413 e. The number of carboxylic acid groups (broad SMARTS) is 1. The molecule has 100 valence electrons. The minimum absolute atomic E-state index is 0.0386. The minimum atomic E-state index is -1.15. The van der Waals surface area contributed by atoms with Gasteiger partial charge in [-0.15, -0.1) is 0 Å². The van der Waals surface area contributed by atoms with Crippen LogP contribution in [0.15, 0.2) is 0 Å². The number of carboxylic acids is 1. The molecule has 0 aliphatic carbocycles. The van der Waals surface area contributed by atoms with Gasteiger partial charge in [-0.1, -0.05) is 0 Å². The molecule has 1 heterocycles. The van der Waals surface area contributed by atoms with Crippen molar-refractivity contribution in [3.8, 4) is 0 Å². The number of aromatic nitrogens is 2. The van der Waals surface area contributed by atoms with Crippen molar-refractivity contribution in [3.63, 3.8) is 0 Å². The van der Waals surface area contributed by atoms with Crippen molar-refractivity contribution in [1.82, 2.24) is 9.78 Å². The molecule has 1 aromatic heterocycles. The highest BCUT2D eigenvalue weighted by atomic mass is 16.6. The first kappa shape index (κ1) is 14.0. The summed E-state index contributed by atoms with van der Waals surface area (Å²) >= 11 is 0. The van der Waals surface area contributed by atoms with E-state index in [2.05, 4.69) is 10.4 Å². The SMILES string of the molecule is Cc1nn(C)c(NC(=O)OC(C)(C)C)c1C(=O)O. The highest BCUT2D eigenvalue weighted by Gasteiger charge is 2.23. The Hall–Kier alpha value is -2.05. The maximum atomic E-state index is 11.6. The number of nitrogens with one attached hydrogen (secondary N) is 1. The fourth-order valence-corrected chi connectivity index (χ4v) is 1.46. The number of anilines is 1. The zero-order valence-electron chi connectivity index (χ0n) is 11.1. The fraction of sp³-hybridized carbons (Fsp3) is 0.545. The second-order valence-electron chi connectivity index (χ2n) is 4.86. The number of hydrogen-bond acceptors (Lipinski definition) is 4. The molecule has 1 rings (SSSR count). The molecular weight excluding hydrogens is 238 g/mol. The maximum absolute atomic E-state index is 11.6. The van der Waals surface area contributed by atoms with E-state index in [0.717, 1.165) is 0 Å². The van der Waals surface area contributed by atoms with E-state index in [-0.39, 0.29) is 11.4 Å². The molecule has 1 amide bonds. The van der Waals surface area contributed by atoms with Crippen LogP contribution in [0.4, 0.5) is 10.6 Å². The van der Waals surface area contributed by atoms with Crippen LogP contribution in [0, 0.1) is 6.92 Å². The van der Waals surface area contributed by atoms with E-state index in [1.807, 2.05) is 0 Å². The average molecular weight is 255 g/mol. The number of aromatic carboxylic acids is 1. The molecule has 0 aliphatic heterocycles. The van der Waals surface area contributed by atoms with Crippen LogP contribution in [0.3, 0.4) is 0 Å². The van der Waals surface area contributed by atoms with Crippen molar-refractivity contribution in [2.75, 3.05) is 5.32 Å². The summed E-state index contributed by atoms with van der Waals surface area (Å²) in [6.07, 6.45) is -0.715. The van der Waals surface area contributed by atoms with Gasteiger partial charge in [-0.25, -0.2) is 9.59 Å². The summed E-state index contributed by atoms with van der Waals surface area (Å²) in [5.41, 5.74) is -0.361. The molecular formula is C11H17N3O4.